The van der Waals surface area contributed by atoms with E-state index in [1.807, 2.05) is 20.8 Å². The van der Waals surface area contributed by atoms with Gasteiger partial charge in [0.15, 0.2) is 0 Å². The van der Waals surface area contributed by atoms with Gasteiger partial charge in [-0.1, -0.05) is 30.6 Å². The van der Waals surface area contributed by atoms with Gasteiger partial charge in [0.1, 0.15) is 0 Å². The lowest BCUT2D eigenvalue weighted by Crippen LogP contribution is -2.07. The predicted octanol–water partition coefficient (Wildman–Crippen LogP) is 4.41. The van der Waals surface area contributed by atoms with Crippen molar-refractivity contribution in [3.63, 3.8) is 0 Å². The third-order valence-electron chi connectivity index (χ3n) is 2.88. The number of carbonyl (C=O) groups is 1. The van der Waals surface area contributed by atoms with Crippen molar-refractivity contribution in [3.8, 4) is 0 Å². The van der Waals surface area contributed by atoms with Gasteiger partial charge >= 0.3 is 5.97 Å². The molecule has 0 spiro atoms. The summed E-state index contributed by atoms with van der Waals surface area (Å²) in [6, 6.07) is 0. The fraction of sp³-hybridized carbons (Fsp3) is 0.667. The van der Waals surface area contributed by atoms with Crippen molar-refractivity contribution in [1.82, 2.24) is 0 Å². The Morgan fingerprint density at radius 2 is 1.76 bits per heavy atom. The molecule has 0 aliphatic carbocycles. The maximum absolute atomic E-state index is 11.5. The molecule has 0 rings (SSSR count). The van der Waals surface area contributed by atoms with E-state index in [0.717, 1.165) is 24.0 Å². The molecule has 0 bridgehead atoms. The summed E-state index contributed by atoms with van der Waals surface area (Å²) < 4.78 is 4.98. The van der Waals surface area contributed by atoms with Crippen molar-refractivity contribution in [3.05, 3.63) is 22.8 Å². The Kier molecular flexibility index (Phi) is 8.47. The normalized spacial score (nSPS) is 13.4. The molecule has 0 aliphatic heterocycles. The molecule has 0 aromatic rings. The molecule has 0 atom stereocenters. The first-order chi connectivity index (χ1) is 8.02. The van der Waals surface area contributed by atoms with Crippen LogP contribution in [0.3, 0.4) is 0 Å². The van der Waals surface area contributed by atoms with Crippen molar-refractivity contribution in [1.29, 1.82) is 0 Å². The minimum atomic E-state index is -0.181. The Morgan fingerprint density at radius 1 is 1.12 bits per heavy atom. The molecular formula is C15H26O2. The first kappa shape index (κ1) is 16.0. The summed E-state index contributed by atoms with van der Waals surface area (Å²) in [5.74, 6) is -0.181. The molecular weight excluding hydrogens is 212 g/mol. The highest BCUT2D eigenvalue weighted by molar-refractivity contribution is 5.88. The van der Waals surface area contributed by atoms with Crippen LogP contribution in [0.5, 0.6) is 0 Å². The highest BCUT2D eigenvalue weighted by atomic mass is 16.5. The van der Waals surface area contributed by atoms with Gasteiger partial charge in [-0.25, -0.2) is 4.79 Å². The van der Waals surface area contributed by atoms with Crippen LogP contribution >= 0.6 is 0 Å². The molecule has 0 heterocycles. The molecule has 0 N–H and O–H groups in total. The maximum Gasteiger partial charge on any atom is 0.333 e. The summed E-state index contributed by atoms with van der Waals surface area (Å²) in [5, 5.41) is 0. The van der Waals surface area contributed by atoms with Crippen LogP contribution < -0.4 is 0 Å². The van der Waals surface area contributed by atoms with Crippen LogP contribution in [0.1, 0.15) is 60.3 Å². The van der Waals surface area contributed by atoms with Gasteiger partial charge in [-0.15, -0.1) is 0 Å². The number of esters is 1. The zero-order chi connectivity index (χ0) is 13.3. The van der Waals surface area contributed by atoms with E-state index in [1.165, 1.54) is 18.4 Å². The third kappa shape index (κ3) is 6.98. The van der Waals surface area contributed by atoms with Crippen LogP contribution in [0.4, 0.5) is 0 Å². The molecule has 0 fully saturated rings. The Labute approximate surface area is 106 Å². The summed E-state index contributed by atoms with van der Waals surface area (Å²) in [6.07, 6.45) is 6.57. The van der Waals surface area contributed by atoms with Crippen LogP contribution in [-0.2, 0) is 9.53 Å². The van der Waals surface area contributed by atoms with Gasteiger partial charge in [0.25, 0.3) is 0 Å². The molecule has 0 aromatic carbocycles. The summed E-state index contributed by atoms with van der Waals surface area (Å²) in [6.45, 7) is 10.5. The number of carbonyl (C=O) groups excluding carboxylic acids is 1. The highest BCUT2D eigenvalue weighted by Crippen LogP contribution is 2.14. The fourth-order valence-electron chi connectivity index (χ4n) is 1.63. The summed E-state index contributed by atoms with van der Waals surface area (Å²) in [5.41, 5.74) is 3.33. The average Bonchev–Trinajstić information content (AvgIpc) is 2.28. The van der Waals surface area contributed by atoms with E-state index in [-0.39, 0.29) is 5.97 Å². The van der Waals surface area contributed by atoms with Gasteiger partial charge in [-0.2, -0.15) is 0 Å². The lowest BCUT2D eigenvalue weighted by atomic mass is 10.0. The minimum absolute atomic E-state index is 0.181. The van der Waals surface area contributed by atoms with Gasteiger partial charge in [0, 0.05) is 5.57 Å². The average molecular weight is 238 g/mol. The number of allylic oxidation sites excluding steroid dienone is 3. The van der Waals surface area contributed by atoms with E-state index in [1.54, 1.807) is 0 Å². The molecule has 0 unspecified atom stereocenters. The number of rotatable bonds is 7. The topological polar surface area (TPSA) is 26.3 Å². The van der Waals surface area contributed by atoms with Crippen LogP contribution in [0, 0.1) is 0 Å². The summed E-state index contributed by atoms with van der Waals surface area (Å²) in [7, 11) is 0. The number of ether oxygens (including phenoxy) is 1. The highest BCUT2D eigenvalue weighted by Gasteiger charge is 2.07. The largest absolute Gasteiger partial charge is 0.463 e. The number of hydrogen-bond donors (Lipinski definition) is 0. The Bertz CT molecular complexity index is 298. The quantitative estimate of drug-likeness (QED) is 0.373. The van der Waals surface area contributed by atoms with E-state index < -0.39 is 0 Å². The minimum Gasteiger partial charge on any atom is -0.463 e. The second-order valence-corrected chi connectivity index (χ2v) is 4.46. The first-order valence-electron chi connectivity index (χ1n) is 6.52. The number of hydrogen-bond acceptors (Lipinski definition) is 2. The second kappa shape index (κ2) is 9.03. The Hall–Kier alpha value is -1.05. The third-order valence-corrected chi connectivity index (χ3v) is 2.88. The fourth-order valence-corrected chi connectivity index (χ4v) is 1.63. The second-order valence-electron chi connectivity index (χ2n) is 4.46. The van der Waals surface area contributed by atoms with Crippen molar-refractivity contribution in [2.45, 2.75) is 60.3 Å². The monoisotopic (exact) mass is 238 g/mol. The summed E-state index contributed by atoms with van der Waals surface area (Å²) >= 11 is 0. The van der Waals surface area contributed by atoms with E-state index >= 15 is 0 Å². The van der Waals surface area contributed by atoms with Gasteiger partial charge in [-0.05, 0) is 47.0 Å². The Morgan fingerprint density at radius 3 is 2.29 bits per heavy atom. The predicted molar refractivity (Wildman–Crippen MR) is 72.9 cm³/mol. The Balaban J connectivity index is 4.24. The smallest absolute Gasteiger partial charge is 0.333 e. The van der Waals surface area contributed by atoms with Crippen LogP contribution in [-0.4, -0.2) is 12.6 Å². The summed E-state index contributed by atoms with van der Waals surface area (Å²) in [4.78, 5) is 11.5. The van der Waals surface area contributed by atoms with E-state index in [2.05, 4.69) is 19.9 Å². The standard InChI is InChI=1S/C15H26O2/c1-6-9-12(3)10-8-11-13(4)14(5)15(16)17-7-2/h10H,6-9,11H2,1-5H3. The lowest BCUT2D eigenvalue weighted by molar-refractivity contribution is -0.138. The van der Waals surface area contributed by atoms with Crippen molar-refractivity contribution < 1.29 is 9.53 Å². The van der Waals surface area contributed by atoms with Gasteiger partial charge < -0.3 is 4.74 Å². The van der Waals surface area contributed by atoms with E-state index in [9.17, 15) is 4.79 Å². The lowest BCUT2D eigenvalue weighted by Gasteiger charge is -2.06. The van der Waals surface area contributed by atoms with Crippen molar-refractivity contribution in [2.75, 3.05) is 6.61 Å². The van der Waals surface area contributed by atoms with Gasteiger partial charge in [0.05, 0.1) is 6.61 Å². The van der Waals surface area contributed by atoms with Crippen molar-refractivity contribution >= 4 is 5.97 Å². The van der Waals surface area contributed by atoms with E-state index in [4.69, 9.17) is 4.74 Å². The molecule has 0 aliphatic rings. The zero-order valence-corrected chi connectivity index (χ0v) is 11.9. The zero-order valence-electron chi connectivity index (χ0n) is 11.9. The molecule has 2 heteroatoms. The van der Waals surface area contributed by atoms with E-state index in [0.29, 0.717) is 6.61 Å². The molecule has 0 saturated carbocycles. The molecule has 2 nitrogen and oxygen atoms in total. The molecule has 0 radical (unpaired) electrons. The van der Waals surface area contributed by atoms with Crippen molar-refractivity contribution in [2.24, 2.45) is 0 Å². The van der Waals surface area contributed by atoms with Crippen LogP contribution in [0.25, 0.3) is 0 Å². The molecule has 17 heavy (non-hydrogen) atoms. The molecule has 0 saturated heterocycles. The maximum atomic E-state index is 11.5. The molecule has 0 aromatic heterocycles. The SMILES string of the molecule is CCCC(C)=CCCC(C)=C(C)C(=O)OCC. The van der Waals surface area contributed by atoms with Crippen LogP contribution in [0.2, 0.25) is 0 Å². The molecule has 0 amide bonds. The van der Waals surface area contributed by atoms with Gasteiger partial charge in [0.2, 0.25) is 0 Å². The first-order valence-corrected chi connectivity index (χ1v) is 6.52. The van der Waals surface area contributed by atoms with Crippen LogP contribution in [0.15, 0.2) is 22.8 Å². The molecule has 98 valence electrons. The van der Waals surface area contributed by atoms with Gasteiger partial charge in [-0.3, -0.25) is 0 Å².